The molecular weight excluding hydrogens is 370 g/mol. The van der Waals surface area contributed by atoms with Crippen LogP contribution in [0.25, 0.3) is 5.69 Å². The van der Waals surface area contributed by atoms with Crippen molar-refractivity contribution in [1.29, 1.82) is 0 Å². The van der Waals surface area contributed by atoms with E-state index >= 15 is 0 Å². The Balaban J connectivity index is 0.00000190. The molecule has 0 spiro atoms. The van der Waals surface area contributed by atoms with E-state index in [1.165, 1.54) is 16.8 Å². The Labute approximate surface area is 163 Å². The zero-order valence-electron chi connectivity index (χ0n) is 16.4. The smallest absolute Gasteiger partial charge is 0.381 e. The van der Waals surface area contributed by atoms with Gasteiger partial charge in [-0.05, 0) is 44.2 Å². The van der Waals surface area contributed by atoms with E-state index in [0.29, 0.717) is 22.6 Å². The molecule has 0 saturated carbocycles. The molecule has 0 saturated heterocycles. The van der Waals surface area contributed by atoms with Gasteiger partial charge in [0.2, 0.25) is 0 Å². The number of hydrogen-bond donors (Lipinski definition) is 1. The molecule has 2 rings (SSSR count). The lowest BCUT2D eigenvalue weighted by atomic mass is 10.2. The first-order valence-electron chi connectivity index (χ1n) is 8.88. The number of aryl methyl sites for hydroxylation is 1. The van der Waals surface area contributed by atoms with E-state index in [0.717, 1.165) is 6.07 Å². The number of alkyl halides is 3. The molecule has 0 bridgehead atoms. The van der Waals surface area contributed by atoms with Crippen LogP contribution < -0.4 is 5.32 Å². The normalized spacial score (nSPS) is 12.3. The van der Waals surface area contributed by atoms with Gasteiger partial charge in [-0.1, -0.05) is 38.7 Å². The second kappa shape index (κ2) is 10.5. The molecule has 152 valence electrons. The molecule has 0 atom stereocenters. The molecule has 1 aromatic carbocycles. The van der Waals surface area contributed by atoms with E-state index in [4.69, 9.17) is 0 Å². The molecule has 0 aliphatic rings. The van der Waals surface area contributed by atoms with Gasteiger partial charge >= 0.3 is 6.18 Å². The van der Waals surface area contributed by atoms with Crippen molar-refractivity contribution in [2.24, 2.45) is 0 Å². The first-order chi connectivity index (χ1) is 13.3. The van der Waals surface area contributed by atoms with Gasteiger partial charge < -0.3 is 5.32 Å². The minimum Gasteiger partial charge on any atom is -0.381 e. The fourth-order valence-electron chi connectivity index (χ4n) is 2.34. The van der Waals surface area contributed by atoms with Gasteiger partial charge in [0.15, 0.2) is 5.69 Å². The van der Waals surface area contributed by atoms with Crippen molar-refractivity contribution in [1.82, 2.24) is 9.78 Å². The molecule has 0 amide bonds. The van der Waals surface area contributed by atoms with Crippen LogP contribution in [0.5, 0.6) is 0 Å². The summed E-state index contributed by atoms with van der Waals surface area (Å²) in [6.07, 6.45) is -0.0501. The summed E-state index contributed by atoms with van der Waals surface area (Å²) in [6, 6.07) is 7.68. The summed E-state index contributed by atoms with van der Waals surface area (Å²) in [4.78, 5) is 0. The summed E-state index contributed by atoms with van der Waals surface area (Å²) in [7, 11) is 0. The Morgan fingerprint density at radius 1 is 1.21 bits per heavy atom. The Hall–Kier alpha value is -2.83. The van der Waals surface area contributed by atoms with Crippen LogP contribution in [0.3, 0.4) is 0 Å². The summed E-state index contributed by atoms with van der Waals surface area (Å²) in [5, 5.41) is 6.67. The van der Waals surface area contributed by atoms with Gasteiger partial charge in [0.25, 0.3) is 0 Å². The SMILES string of the molecule is C=C/C=C(CNc1ccc(-n2nc(C(F)(F)F)cc2C)cc1)\C(F)=C/C.CC. The van der Waals surface area contributed by atoms with Crippen LogP contribution in [0.2, 0.25) is 0 Å². The Morgan fingerprint density at radius 2 is 1.82 bits per heavy atom. The number of nitrogens with one attached hydrogen (secondary N) is 1. The van der Waals surface area contributed by atoms with E-state index in [9.17, 15) is 17.6 Å². The number of rotatable bonds is 6. The average Bonchev–Trinajstić information content (AvgIpc) is 3.08. The Morgan fingerprint density at radius 3 is 2.29 bits per heavy atom. The first kappa shape index (κ1) is 23.2. The predicted molar refractivity (Wildman–Crippen MR) is 106 cm³/mol. The molecule has 0 radical (unpaired) electrons. The van der Waals surface area contributed by atoms with Gasteiger partial charge in [0.05, 0.1) is 5.69 Å². The van der Waals surface area contributed by atoms with Crippen LogP contribution in [0.15, 0.2) is 66.5 Å². The molecule has 0 aliphatic heterocycles. The van der Waals surface area contributed by atoms with Crippen LogP contribution in [0.1, 0.15) is 32.2 Å². The summed E-state index contributed by atoms with van der Waals surface area (Å²) < 4.78 is 53.2. The van der Waals surface area contributed by atoms with Gasteiger partial charge in [-0.15, -0.1) is 0 Å². The number of hydrogen-bond acceptors (Lipinski definition) is 2. The lowest BCUT2D eigenvalue weighted by Gasteiger charge is -2.10. The summed E-state index contributed by atoms with van der Waals surface area (Å²) >= 11 is 0. The van der Waals surface area contributed by atoms with Crippen molar-refractivity contribution in [3.8, 4) is 5.69 Å². The zero-order valence-corrected chi connectivity index (χ0v) is 16.4. The predicted octanol–water partition coefficient (Wildman–Crippen LogP) is 6.62. The maximum absolute atomic E-state index is 13.7. The maximum Gasteiger partial charge on any atom is 0.435 e. The quantitative estimate of drug-likeness (QED) is 0.440. The highest BCUT2D eigenvalue weighted by Gasteiger charge is 2.34. The van der Waals surface area contributed by atoms with Crippen LogP contribution in [0.4, 0.5) is 23.2 Å². The molecule has 3 nitrogen and oxygen atoms in total. The Kier molecular flexibility index (Phi) is 8.70. The number of benzene rings is 1. The third-order valence-corrected chi connectivity index (χ3v) is 3.65. The van der Waals surface area contributed by atoms with Crippen molar-refractivity contribution in [3.63, 3.8) is 0 Å². The van der Waals surface area contributed by atoms with Gasteiger partial charge in [-0.25, -0.2) is 9.07 Å². The molecule has 1 heterocycles. The molecular formula is C21H25F4N3. The van der Waals surface area contributed by atoms with E-state index in [1.807, 2.05) is 13.8 Å². The maximum atomic E-state index is 13.7. The fraction of sp³-hybridized carbons (Fsp3) is 0.286. The Bertz CT molecular complexity index is 828. The van der Waals surface area contributed by atoms with Crippen LogP contribution in [0, 0.1) is 6.92 Å². The summed E-state index contributed by atoms with van der Waals surface area (Å²) in [5.74, 6) is -0.346. The zero-order chi connectivity index (χ0) is 21.3. The monoisotopic (exact) mass is 395 g/mol. The molecule has 0 unspecified atom stereocenters. The molecule has 1 aromatic heterocycles. The molecule has 2 aromatic rings. The minimum absolute atomic E-state index is 0.251. The topological polar surface area (TPSA) is 29.9 Å². The highest BCUT2D eigenvalue weighted by atomic mass is 19.4. The van der Waals surface area contributed by atoms with Crippen LogP contribution in [-0.4, -0.2) is 16.3 Å². The van der Waals surface area contributed by atoms with E-state index in [1.54, 1.807) is 44.2 Å². The van der Waals surface area contributed by atoms with E-state index < -0.39 is 11.9 Å². The van der Waals surface area contributed by atoms with Crippen molar-refractivity contribution in [2.75, 3.05) is 11.9 Å². The van der Waals surface area contributed by atoms with Crippen LogP contribution in [-0.2, 0) is 6.18 Å². The van der Waals surface area contributed by atoms with Crippen molar-refractivity contribution >= 4 is 5.69 Å². The third-order valence-electron chi connectivity index (χ3n) is 3.65. The third kappa shape index (κ3) is 6.11. The number of nitrogens with zero attached hydrogens (tertiary/aromatic N) is 2. The second-order valence-corrected chi connectivity index (χ2v) is 5.55. The lowest BCUT2D eigenvalue weighted by molar-refractivity contribution is -0.141. The molecule has 0 aliphatic carbocycles. The van der Waals surface area contributed by atoms with E-state index in [2.05, 4.69) is 17.0 Å². The number of halogens is 4. The standard InChI is InChI=1S/C19H19F4N3.C2H6/c1-4-6-14(17(20)5-2)12-24-15-7-9-16(10-8-15)26-13(3)11-18(25-26)19(21,22)23;1-2/h4-11,24H,1,12H2,2-3H3;1-2H3/b14-6-,17-5+;. The molecule has 0 fully saturated rings. The van der Waals surface area contributed by atoms with Gasteiger partial charge in [0, 0.05) is 23.5 Å². The lowest BCUT2D eigenvalue weighted by Crippen LogP contribution is -2.08. The highest BCUT2D eigenvalue weighted by Crippen LogP contribution is 2.29. The number of allylic oxidation sites excluding steroid dienone is 3. The van der Waals surface area contributed by atoms with Crippen LogP contribution >= 0.6 is 0 Å². The summed E-state index contributed by atoms with van der Waals surface area (Å²) in [5.41, 5.74) is 1.10. The van der Waals surface area contributed by atoms with Crippen molar-refractivity contribution in [2.45, 2.75) is 33.9 Å². The molecule has 7 heteroatoms. The van der Waals surface area contributed by atoms with Crippen molar-refractivity contribution in [3.05, 3.63) is 77.9 Å². The average molecular weight is 395 g/mol. The number of anilines is 1. The van der Waals surface area contributed by atoms with Gasteiger partial charge in [-0.2, -0.15) is 18.3 Å². The van der Waals surface area contributed by atoms with E-state index in [-0.39, 0.29) is 12.4 Å². The summed E-state index contributed by atoms with van der Waals surface area (Å²) in [6.45, 7) is 11.0. The van der Waals surface area contributed by atoms with Gasteiger partial charge in [0.1, 0.15) is 5.83 Å². The highest BCUT2D eigenvalue weighted by molar-refractivity contribution is 5.50. The number of aromatic nitrogens is 2. The molecule has 28 heavy (non-hydrogen) atoms. The van der Waals surface area contributed by atoms with Crippen molar-refractivity contribution < 1.29 is 17.6 Å². The second-order valence-electron chi connectivity index (χ2n) is 5.55. The fourth-order valence-corrected chi connectivity index (χ4v) is 2.34. The first-order valence-corrected chi connectivity index (χ1v) is 8.88. The minimum atomic E-state index is -4.48. The largest absolute Gasteiger partial charge is 0.435 e. The van der Waals surface area contributed by atoms with Gasteiger partial charge in [-0.3, -0.25) is 0 Å². The molecule has 1 N–H and O–H groups in total.